The highest BCUT2D eigenvalue weighted by Crippen LogP contribution is 2.30. The lowest BCUT2D eigenvalue weighted by molar-refractivity contribution is 0.578. The molecule has 0 fully saturated rings. The lowest BCUT2D eigenvalue weighted by Crippen LogP contribution is -1.97. The molecule has 2 aromatic heterocycles. The average Bonchev–Trinajstić information content (AvgIpc) is 2.57. The summed E-state index contributed by atoms with van der Waals surface area (Å²) in [7, 11) is 0. The van der Waals surface area contributed by atoms with Gasteiger partial charge in [0.05, 0.1) is 10.7 Å². The maximum atomic E-state index is 5.67. The highest BCUT2D eigenvalue weighted by atomic mass is 79.9. The second kappa shape index (κ2) is 3.42. The molecule has 72 valence electrons. The minimum atomic E-state index is 0.471. The van der Waals surface area contributed by atoms with Gasteiger partial charge in [0.1, 0.15) is 17.8 Å². The van der Waals surface area contributed by atoms with Gasteiger partial charge >= 0.3 is 0 Å². The largest absolute Gasteiger partial charge is 0.461 e. The molecule has 0 atom stereocenters. The van der Waals surface area contributed by atoms with E-state index in [4.69, 9.17) is 10.2 Å². The second-order valence-corrected chi connectivity index (χ2v) is 3.68. The average molecular weight is 254 g/mol. The Bertz CT molecular complexity index is 467. The number of nitrogens with zero attached hydrogens (tertiary/aromatic N) is 2. The molecule has 2 N–H and O–H groups in total. The van der Waals surface area contributed by atoms with Crippen molar-refractivity contribution in [2.24, 2.45) is 0 Å². The van der Waals surface area contributed by atoms with Gasteiger partial charge in [0.25, 0.3) is 0 Å². The fourth-order valence-corrected chi connectivity index (χ4v) is 1.54. The molecule has 0 bridgehead atoms. The number of halogens is 1. The van der Waals surface area contributed by atoms with Gasteiger partial charge in [0, 0.05) is 5.56 Å². The molecule has 0 aliphatic heterocycles. The molecule has 2 heterocycles. The van der Waals surface area contributed by atoms with Crippen molar-refractivity contribution in [1.29, 1.82) is 0 Å². The van der Waals surface area contributed by atoms with E-state index in [0.29, 0.717) is 11.6 Å². The van der Waals surface area contributed by atoms with Crippen molar-refractivity contribution in [3.05, 3.63) is 28.7 Å². The van der Waals surface area contributed by atoms with E-state index >= 15 is 0 Å². The topological polar surface area (TPSA) is 64.9 Å². The summed E-state index contributed by atoms with van der Waals surface area (Å²) in [6.45, 7) is 1.86. The predicted octanol–water partition coefficient (Wildman–Crippen LogP) is 2.39. The first-order chi connectivity index (χ1) is 6.70. The first-order valence-corrected chi connectivity index (χ1v) is 4.80. The van der Waals surface area contributed by atoms with E-state index in [2.05, 4.69) is 25.9 Å². The van der Waals surface area contributed by atoms with Crippen molar-refractivity contribution in [2.45, 2.75) is 6.92 Å². The van der Waals surface area contributed by atoms with Crippen LogP contribution in [0, 0.1) is 6.92 Å². The van der Waals surface area contributed by atoms with Crippen molar-refractivity contribution in [2.75, 3.05) is 5.73 Å². The number of nitrogen functional groups attached to an aromatic ring is 1. The smallest absolute Gasteiger partial charge is 0.166 e. The van der Waals surface area contributed by atoms with Crippen LogP contribution in [0.3, 0.4) is 0 Å². The van der Waals surface area contributed by atoms with Gasteiger partial charge < -0.3 is 10.2 Å². The van der Waals surface area contributed by atoms with E-state index < -0.39 is 0 Å². The highest BCUT2D eigenvalue weighted by molar-refractivity contribution is 9.10. The number of hydrogen-bond acceptors (Lipinski definition) is 4. The third-order valence-electron chi connectivity index (χ3n) is 1.96. The number of rotatable bonds is 1. The van der Waals surface area contributed by atoms with Crippen LogP contribution in [0.4, 0.5) is 5.82 Å². The summed E-state index contributed by atoms with van der Waals surface area (Å²) in [5.74, 6) is 1.15. The first kappa shape index (κ1) is 9.21. The Morgan fingerprint density at radius 1 is 1.43 bits per heavy atom. The third-order valence-corrected chi connectivity index (χ3v) is 2.58. The molecule has 0 aliphatic rings. The van der Waals surface area contributed by atoms with Crippen molar-refractivity contribution < 1.29 is 4.42 Å². The summed E-state index contributed by atoms with van der Waals surface area (Å²) in [6, 6.07) is 1.81. The SMILES string of the molecule is Cc1c(N)ncnc1-c1occc1Br. The molecule has 14 heavy (non-hydrogen) atoms. The van der Waals surface area contributed by atoms with Gasteiger partial charge in [-0.2, -0.15) is 0 Å². The van der Waals surface area contributed by atoms with Crippen LogP contribution in [0.15, 0.2) is 27.5 Å². The summed E-state index contributed by atoms with van der Waals surface area (Å²) >= 11 is 3.37. The third kappa shape index (κ3) is 1.39. The minimum Gasteiger partial charge on any atom is -0.461 e. The summed E-state index contributed by atoms with van der Waals surface area (Å²) in [4.78, 5) is 8.02. The Morgan fingerprint density at radius 3 is 2.86 bits per heavy atom. The van der Waals surface area contributed by atoms with Crippen LogP contribution in [0.2, 0.25) is 0 Å². The van der Waals surface area contributed by atoms with Crippen molar-refractivity contribution in [3.63, 3.8) is 0 Å². The molecule has 0 aromatic carbocycles. The van der Waals surface area contributed by atoms with Crippen molar-refractivity contribution in [1.82, 2.24) is 9.97 Å². The van der Waals surface area contributed by atoms with E-state index in [9.17, 15) is 0 Å². The molecule has 0 spiro atoms. The fraction of sp³-hybridized carbons (Fsp3) is 0.111. The van der Waals surface area contributed by atoms with Crippen LogP contribution in [0.5, 0.6) is 0 Å². The van der Waals surface area contributed by atoms with Gasteiger partial charge in [-0.15, -0.1) is 0 Å². The van der Waals surface area contributed by atoms with Crippen LogP contribution >= 0.6 is 15.9 Å². The maximum Gasteiger partial charge on any atom is 0.166 e. The maximum absolute atomic E-state index is 5.67. The second-order valence-electron chi connectivity index (χ2n) is 2.83. The molecular weight excluding hydrogens is 246 g/mol. The number of anilines is 1. The van der Waals surface area contributed by atoms with E-state index in [0.717, 1.165) is 15.7 Å². The molecule has 5 heteroatoms. The summed E-state index contributed by atoms with van der Waals surface area (Å²) in [5.41, 5.74) is 7.21. The Balaban J connectivity index is 2.63. The zero-order valence-corrected chi connectivity index (χ0v) is 9.08. The molecular formula is C9H8BrN3O. The number of furan rings is 1. The van der Waals surface area contributed by atoms with Gasteiger partial charge in [-0.25, -0.2) is 9.97 Å². The number of aromatic nitrogens is 2. The predicted molar refractivity (Wildman–Crippen MR) is 56.6 cm³/mol. The molecule has 0 unspecified atom stereocenters. The number of hydrogen-bond donors (Lipinski definition) is 1. The van der Waals surface area contributed by atoms with Crippen molar-refractivity contribution >= 4 is 21.7 Å². The minimum absolute atomic E-state index is 0.471. The molecule has 0 aliphatic carbocycles. The molecule has 2 rings (SSSR count). The molecule has 4 nitrogen and oxygen atoms in total. The molecule has 0 saturated carbocycles. The summed E-state index contributed by atoms with van der Waals surface area (Å²) < 4.78 is 6.15. The monoisotopic (exact) mass is 253 g/mol. The lowest BCUT2D eigenvalue weighted by Gasteiger charge is -2.03. The molecule has 2 aromatic rings. The Labute approximate surface area is 89.3 Å². The lowest BCUT2D eigenvalue weighted by atomic mass is 10.2. The Kier molecular flexibility index (Phi) is 2.25. The van der Waals surface area contributed by atoms with E-state index in [1.165, 1.54) is 6.33 Å². The quantitative estimate of drug-likeness (QED) is 0.848. The van der Waals surface area contributed by atoms with Crippen molar-refractivity contribution in [3.8, 4) is 11.5 Å². The summed E-state index contributed by atoms with van der Waals surface area (Å²) in [5, 5.41) is 0. The molecule has 0 saturated heterocycles. The molecule has 0 amide bonds. The van der Waals surface area contributed by atoms with Crippen LogP contribution in [0.1, 0.15) is 5.56 Å². The first-order valence-electron chi connectivity index (χ1n) is 4.00. The van der Waals surface area contributed by atoms with Gasteiger partial charge in [-0.05, 0) is 28.9 Å². The van der Waals surface area contributed by atoms with E-state index in [1.807, 2.05) is 13.0 Å². The van der Waals surface area contributed by atoms with Gasteiger partial charge in [0.2, 0.25) is 0 Å². The normalized spacial score (nSPS) is 10.4. The Morgan fingerprint density at radius 2 is 2.21 bits per heavy atom. The highest BCUT2D eigenvalue weighted by Gasteiger charge is 2.12. The van der Waals surface area contributed by atoms with Gasteiger partial charge in [-0.1, -0.05) is 0 Å². The van der Waals surface area contributed by atoms with E-state index in [-0.39, 0.29) is 0 Å². The number of nitrogens with two attached hydrogens (primary N) is 1. The summed E-state index contributed by atoms with van der Waals surface area (Å²) in [6.07, 6.45) is 3.02. The van der Waals surface area contributed by atoms with Gasteiger partial charge in [0.15, 0.2) is 5.76 Å². The fourth-order valence-electron chi connectivity index (χ4n) is 1.16. The van der Waals surface area contributed by atoms with Crippen LogP contribution in [0.25, 0.3) is 11.5 Å². The zero-order valence-electron chi connectivity index (χ0n) is 7.49. The standard InChI is InChI=1S/C9H8BrN3O/c1-5-7(12-4-13-9(5)11)8-6(10)2-3-14-8/h2-4H,1H3,(H2,11,12,13). The van der Waals surface area contributed by atoms with Crippen LogP contribution in [-0.2, 0) is 0 Å². The van der Waals surface area contributed by atoms with Crippen LogP contribution < -0.4 is 5.73 Å². The Hall–Kier alpha value is -1.36. The van der Waals surface area contributed by atoms with E-state index in [1.54, 1.807) is 6.26 Å². The van der Waals surface area contributed by atoms with Gasteiger partial charge in [-0.3, -0.25) is 0 Å². The zero-order chi connectivity index (χ0) is 10.1. The molecule has 0 radical (unpaired) electrons. The van der Waals surface area contributed by atoms with Crippen LogP contribution in [-0.4, -0.2) is 9.97 Å².